The van der Waals surface area contributed by atoms with Crippen LogP contribution >= 0.6 is 0 Å². The molecule has 1 saturated heterocycles. The minimum absolute atomic E-state index is 0.0290. The maximum atomic E-state index is 12.7. The van der Waals surface area contributed by atoms with Crippen LogP contribution in [0.2, 0.25) is 0 Å². The largest absolute Gasteiger partial charge is 0.497 e. The molecule has 1 aliphatic heterocycles. The molecule has 7 nitrogen and oxygen atoms in total. The summed E-state index contributed by atoms with van der Waals surface area (Å²) >= 11 is 0. The third-order valence-electron chi connectivity index (χ3n) is 5.61. The van der Waals surface area contributed by atoms with Crippen molar-refractivity contribution < 1.29 is 14.3 Å². The molecule has 0 aliphatic carbocycles. The summed E-state index contributed by atoms with van der Waals surface area (Å²) in [5, 5.41) is 3.40. The molecule has 0 bridgehead atoms. The zero-order valence-electron chi connectivity index (χ0n) is 20.2. The first-order valence-corrected chi connectivity index (χ1v) is 11.6. The second kappa shape index (κ2) is 10.1. The molecule has 1 atom stereocenters. The number of nitrogens with zero attached hydrogens (tertiary/aromatic N) is 3. The second-order valence-corrected chi connectivity index (χ2v) is 9.48. The molecule has 0 unspecified atom stereocenters. The zero-order chi connectivity index (χ0) is 24.1. The SMILES string of the molecule is COc1ccc(Nc2cc(-c3ccccc3)nc([C@H]3CCCN(C(=O)OC(C)(C)C)C3)n2)cc1. The lowest BCUT2D eigenvalue weighted by Gasteiger charge is -2.33. The number of benzene rings is 2. The quantitative estimate of drug-likeness (QED) is 0.502. The molecule has 1 fully saturated rings. The van der Waals surface area contributed by atoms with Gasteiger partial charge in [-0.15, -0.1) is 0 Å². The van der Waals surface area contributed by atoms with Gasteiger partial charge in [-0.05, 0) is 57.9 Å². The van der Waals surface area contributed by atoms with Gasteiger partial charge in [0.1, 0.15) is 23.0 Å². The highest BCUT2D eigenvalue weighted by molar-refractivity contribution is 5.69. The van der Waals surface area contributed by atoms with Crippen LogP contribution in [0.5, 0.6) is 5.75 Å². The lowest BCUT2D eigenvalue weighted by Crippen LogP contribution is -2.42. The van der Waals surface area contributed by atoms with Gasteiger partial charge >= 0.3 is 6.09 Å². The van der Waals surface area contributed by atoms with Crippen molar-refractivity contribution in [1.82, 2.24) is 14.9 Å². The highest BCUT2D eigenvalue weighted by atomic mass is 16.6. The Bertz CT molecular complexity index is 1110. The standard InChI is InChI=1S/C27H32N4O3/c1-27(2,3)34-26(32)31-16-8-11-20(18-31)25-29-23(19-9-6-5-7-10-19)17-24(30-25)28-21-12-14-22(33-4)15-13-21/h5-7,9-10,12-15,17,20H,8,11,16,18H2,1-4H3,(H,28,29,30)/t20-/m0/s1. The minimum atomic E-state index is -0.525. The Balaban J connectivity index is 1.62. The van der Waals surface area contributed by atoms with E-state index in [1.165, 1.54) is 0 Å². The number of rotatable bonds is 5. The number of carbonyl (C=O) groups is 1. The number of nitrogens with one attached hydrogen (secondary N) is 1. The first kappa shape index (κ1) is 23.5. The minimum Gasteiger partial charge on any atom is -0.497 e. The number of methoxy groups -OCH3 is 1. The van der Waals surface area contributed by atoms with Crippen molar-refractivity contribution in [3.05, 3.63) is 66.5 Å². The van der Waals surface area contributed by atoms with Crippen molar-refractivity contribution in [2.45, 2.75) is 45.1 Å². The van der Waals surface area contributed by atoms with Crippen LogP contribution in [-0.2, 0) is 4.74 Å². The Kier molecular flexibility index (Phi) is 7.01. The summed E-state index contributed by atoms with van der Waals surface area (Å²) in [7, 11) is 1.65. The average Bonchev–Trinajstić information content (AvgIpc) is 2.84. The molecule has 7 heteroatoms. The topological polar surface area (TPSA) is 76.6 Å². The van der Waals surface area contributed by atoms with Crippen LogP contribution in [0.3, 0.4) is 0 Å². The number of likely N-dealkylation sites (tertiary alicyclic amines) is 1. The number of amides is 1. The van der Waals surface area contributed by atoms with Gasteiger partial charge in [-0.1, -0.05) is 30.3 Å². The van der Waals surface area contributed by atoms with E-state index in [9.17, 15) is 4.79 Å². The van der Waals surface area contributed by atoms with E-state index in [1.54, 1.807) is 12.0 Å². The monoisotopic (exact) mass is 460 g/mol. The Morgan fingerprint density at radius 2 is 1.79 bits per heavy atom. The molecule has 3 aromatic rings. The summed E-state index contributed by atoms with van der Waals surface area (Å²) in [6, 6.07) is 19.7. The van der Waals surface area contributed by atoms with Gasteiger partial charge in [0.25, 0.3) is 0 Å². The molecule has 1 N–H and O–H groups in total. The van der Waals surface area contributed by atoms with Gasteiger partial charge in [-0.3, -0.25) is 0 Å². The maximum Gasteiger partial charge on any atom is 0.410 e. The second-order valence-electron chi connectivity index (χ2n) is 9.48. The van der Waals surface area contributed by atoms with Crippen LogP contribution in [-0.4, -0.2) is 46.8 Å². The molecule has 1 amide bonds. The highest BCUT2D eigenvalue weighted by Gasteiger charge is 2.30. The normalized spacial score (nSPS) is 16.1. The Morgan fingerprint density at radius 1 is 1.06 bits per heavy atom. The van der Waals surface area contributed by atoms with Crippen molar-refractivity contribution in [3.63, 3.8) is 0 Å². The Morgan fingerprint density at radius 3 is 2.47 bits per heavy atom. The first-order chi connectivity index (χ1) is 16.3. The van der Waals surface area contributed by atoms with E-state index in [2.05, 4.69) is 5.32 Å². The molecule has 4 rings (SSSR count). The maximum absolute atomic E-state index is 12.7. The van der Waals surface area contributed by atoms with Gasteiger partial charge in [0.2, 0.25) is 0 Å². The van der Waals surface area contributed by atoms with E-state index in [4.69, 9.17) is 19.4 Å². The molecule has 0 spiro atoms. The van der Waals surface area contributed by atoms with Gasteiger partial charge in [-0.2, -0.15) is 0 Å². The number of ether oxygens (including phenoxy) is 2. The Hall–Kier alpha value is -3.61. The van der Waals surface area contributed by atoms with Crippen molar-refractivity contribution in [2.75, 3.05) is 25.5 Å². The fourth-order valence-corrected chi connectivity index (χ4v) is 3.97. The van der Waals surface area contributed by atoms with Crippen molar-refractivity contribution in [2.24, 2.45) is 0 Å². The molecule has 0 saturated carbocycles. The van der Waals surface area contributed by atoms with Crippen LogP contribution < -0.4 is 10.1 Å². The number of anilines is 2. The van der Waals surface area contributed by atoms with Gasteiger partial charge in [-0.25, -0.2) is 14.8 Å². The number of carbonyl (C=O) groups excluding carboxylic acids is 1. The van der Waals surface area contributed by atoms with Gasteiger partial charge in [0.15, 0.2) is 0 Å². The zero-order valence-corrected chi connectivity index (χ0v) is 20.2. The first-order valence-electron chi connectivity index (χ1n) is 11.6. The number of aromatic nitrogens is 2. The third kappa shape index (κ3) is 6.04. The van der Waals surface area contributed by atoms with E-state index in [0.29, 0.717) is 18.9 Å². The molecule has 34 heavy (non-hydrogen) atoms. The summed E-state index contributed by atoms with van der Waals surface area (Å²) in [5.41, 5.74) is 2.24. The van der Waals surface area contributed by atoms with E-state index < -0.39 is 5.60 Å². The Labute approximate surface area is 201 Å². The van der Waals surface area contributed by atoms with E-state index in [0.717, 1.165) is 41.4 Å². The summed E-state index contributed by atoms with van der Waals surface area (Å²) in [4.78, 5) is 24.2. The van der Waals surface area contributed by atoms with Crippen LogP contribution in [0.25, 0.3) is 11.3 Å². The summed E-state index contributed by atoms with van der Waals surface area (Å²) in [6.45, 7) is 6.87. The van der Waals surface area contributed by atoms with E-state index >= 15 is 0 Å². The predicted molar refractivity (Wildman–Crippen MR) is 134 cm³/mol. The van der Waals surface area contributed by atoms with Crippen molar-refractivity contribution in [1.29, 1.82) is 0 Å². The summed E-state index contributed by atoms with van der Waals surface area (Å²) < 4.78 is 10.9. The molecule has 1 aliphatic rings. The van der Waals surface area contributed by atoms with Gasteiger partial charge in [0.05, 0.1) is 12.8 Å². The van der Waals surface area contributed by atoms with Crippen LogP contribution in [0.15, 0.2) is 60.7 Å². The van der Waals surface area contributed by atoms with Gasteiger partial charge < -0.3 is 19.7 Å². The fraction of sp³-hybridized carbons (Fsp3) is 0.370. The molecular weight excluding hydrogens is 428 g/mol. The third-order valence-corrected chi connectivity index (χ3v) is 5.61. The lowest BCUT2D eigenvalue weighted by molar-refractivity contribution is 0.0196. The smallest absolute Gasteiger partial charge is 0.410 e. The molecule has 178 valence electrons. The average molecular weight is 461 g/mol. The molecule has 1 aromatic heterocycles. The number of piperidine rings is 1. The van der Waals surface area contributed by atoms with Crippen molar-refractivity contribution in [3.8, 4) is 17.0 Å². The van der Waals surface area contributed by atoms with E-state index in [1.807, 2.05) is 81.4 Å². The molecule has 0 radical (unpaired) electrons. The van der Waals surface area contributed by atoms with Crippen LogP contribution in [0.4, 0.5) is 16.3 Å². The molecule has 2 heterocycles. The molecule has 2 aromatic carbocycles. The fourth-order valence-electron chi connectivity index (χ4n) is 3.97. The van der Waals surface area contributed by atoms with Gasteiger partial charge in [0, 0.05) is 36.3 Å². The highest BCUT2D eigenvalue weighted by Crippen LogP contribution is 2.30. The number of hydrogen-bond donors (Lipinski definition) is 1. The summed E-state index contributed by atoms with van der Waals surface area (Å²) in [6.07, 6.45) is 1.51. The number of hydrogen-bond acceptors (Lipinski definition) is 6. The van der Waals surface area contributed by atoms with Crippen LogP contribution in [0, 0.1) is 0 Å². The molecular formula is C27H32N4O3. The summed E-state index contributed by atoms with van der Waals surface area (Å²) in [5.74, 6) is 2.26. The van der Waals surface area contributed by atoms with E-state index in [-0.39, 0.29) is 12.0 Å². The van der Waals surface area contributed by atoms with Crippen molar-refractivity contribution >= 4 is 17.6 Å². The van der Waals surface area contributed by atoms with Crippen LogP contribution in [0.1, 0.15) is 45.4 Å². The predicted octanol–water partition coefficient (Wildman–Crippen LogP) is 6.01. The lowest BCUT2D eigenvalue weighted by atomic mass is 9.97.